The molecule has 0 atom stereocenters. The molecular formula is C26H14OS3. The summed E-state index contributed by atoms with van der Waals surface area (Å²) in [5.41, 5.74) is 1.46. The van der Waals surface area contributed by atoms with Gasteiger partial charge in [0.1, 0.15) is 0 Å². The molecule has 2 aromatic heterocycles. The predicted molar refractivity (Wildman–Crippen MR) is 135 cm³/mol. The normalized spacial score (nSPS) is 11.6. The summed E-state index contributed by atoms with van der Waals surface area (Å²) in [4.78, 5) is 13.5. The number of thiocarbonyl (C=S) groups is 1. The first-order valence-electron chi connectivity index (χ1n) is 9.61. The number of Topliss-reactive ketones (excluding diaryl/α,β-unsaturated/α-hetero) is 1. The van der Waals surface area contributed by atoms with Crippen LogP contribution in [0.25, 0.3) is 40.3 Å². The number of fused-ring (bicyclic) bond motifs is 6. The molecule has 0 saturated heterocycles. The van der Waals surface area contributed by atoms with Crippen LogP contribution in [0.4, 0.5) is 0 Å². The third-order valence-corrected chi connectivity index (χ3v) is 8.18. The minimum Gasteiger partial charge on any atom is -0.288 e. The average molecular weight is 439 g/mol. The number of benzene rings is 4. The maximum atomic E-state index is 13.2. The molecule has 0 saturated carbocycles. The van der Waals surface area contributed by atoms with Crippen molar-refractivity contribution in [3.8, 4) is 0 Å². The van der Waals surface area contributed by atoms with Crippen LogP contribution in [0.3, 0.4) is 0 Å². The predicted octanol–water partition coefficient (Wildman–Crippen LogP) is 8.02. The van der Waals surface area contributed by atoms with E-state index < -0.39 is 0 Å². The molecule has 0 fully saturated rings. The lowest BCUT2D eigenvalue weighted by molar-refractivity contribution is 0.106. The molecule has 0 unspecified atom stereocenters. The van der Waals surface area contributed by atoms with Gasteiger partial charge < -0.3 is 0 Å². The Morgan fingerprint density at radius 1 is 0.567 bits per heavy atom. The summed E-state index contributed by atoms with van der Waals surface area (Å²) in [6, 6.07) is 28.7. The zero-order valence-electron chi connectivity index (χ0n) is 15.7. The van der Waals surface area contributed by atoms with Crippen LogP contribution in [0.5, 0.6) is 0 Å². The first-order valence-corrected chi connectivity index (χ1v) is 11.6. The number of carbonyl (C=O) groups excluding carboxylic acids is 1. The zero-order chi connectivity index (χ0) is 20.2. The fourth-order valence-electron chi connectivity index (χ4n) is 4.00. The van der Waals surface area contributed by atoms with Crippen molar-refractivity contribution in [3.63, 3.8) is 0 Å². The zero-order valence-corrected chi connectivity index (χ0v) is 18.2. The molecule has 1 nitrogen and oxygen atoms in total. The highest BCUT2D eigenvalue weighted by Crippen LogP contribution is 2.36. The van der Waals surface area contributed by atoms with Gasteiger partial charge in [-0.1, -0.05) is 72.9 Å². The lowest BCUT2D eigenvalue weighted by Gasteiger charge is -2.05. The molecule has 0 aliphatic rings. The van der Waals surface area contributed by atoms with Gasteiger partial charge in [0, 0.05) is 45.9 Å². The summed E-state index contributed by atoms with van der Waals surface area (Å²) in [5.74, 6) is -0.0928. The smallest absolute Gasteiger partial charge is 0.204 e. The third-order valence-electron chi connectivity index (χ3n) is 5.49. The molecule has 30 heavy (non-hydrogen) atoms. The number of hydrogen-bond donors (Lipinski definition) is 0. The highest BCUT2D eigenvalue weighted by Gasteiger charge is 2.17. The molecule has 0 aliphatic carbocycles. The van der Waals surface area contributed by atoms with Crippen LogP contribution >= 0.6 is 34.9 Å². The van der Waals surface area contributed by atoms with E-state index in [1.165, 1.54) is 30.9 Å². The van der Waals surface area contributed by atoms with Gasteiger partial charge in [-0.3, -0.25) is 4.79 Å². The standard InChI is InChI=1S/C26H14OS3/c27-25(15-9-11-19-17-5-1-3-7-21(17)29-23(19)13-15)26(28)16-10-12-20-18-6-2-4-8-22(18)30-24(20)14-16/h1-14H. The molecule has 0 amide bonds. The van der Waals surface area contributed by atoms with Crippen molar-refractivity contribution in [2.45, 2.75) is 0 Å². The molecule has 4 heteroatoms. The van der Waals surface area contributed by atoms with Crippen LogP contribution in [0.1, 0.15) is 15.9 Å². The SMILES string of the molecule is O=C(C(=S)c1ccc2c(c1)sc1ccccc12)c1ccc2c(c1)sc1ccccc12. The van der Waals surface area contributed by atoms with E-state index in [-0.39, 0.29) is 5.78 Å². The number of rotatable bonds is 3. The van der Waals surface area contributed by atoms with Gasteiger partial charge in [-0.05, 0) is 29.8 Å². The topological polar surface area (TPSA) is 17.1 Å². The van der Waals surface area contributed by atoms with Crippen LogP contribution in [-0.4, -0.2) is 10.6 Å². The molecule has 0 spiro atoms. The number of ketones is 1. The largest absolute Gasteiger partial charge is 0.288 e. The summed E-state index contributed by atoms with van der Waals surface area (Å²) in [6.45, 7) is 0. The van der Waals surface area contributed by atoms with Crippen LogP contribution in [0.2, 0.25) is 0 Å². The molecule has 0 N–H and O–H groups in total. The van der Waals surface area contributed by atoms with Gasteiger partial charge in [-0.25, -0.2) is 0 Å². The van der Waals surface area contributed by atoms with E-state index in [0.717, 1.165) is 15.0 Å². The molecule has 6 rings (SSSR count). The summed E-state index contributed by atoms with van der Waals surface area (Å²) in [7, 11) is 0. The van der Waals surface area contributed by atoms with Crippen molar-refractivity contribution in [1.29, 1.82) is 0 Å². The summed E-state index contributed by atoms with van der Waals surface area (Å²) in [6.07, 6.45) is 0. The van der Waals surface area contributed by atoms with Crippen molar-refractivity contribution in [1.82, 2.24) is 0 Å². The molecule has 4 aromatic carbocycles. The van der Waals surface area contributed by atoms with Crippen molar-refractivity contribution in [2.75, 3.05) is 0 Å². The number of hydrogen-bond acceptors (Lipinski definition) is 4. The second kappa shape index (κ2) is 6.81. The number of thiophene rings is 2. The van der Waals surface area contributed by atoms with Crippen LogP contribution in [0, 0.1) is 0 Å². The molecule has 142 valence electrons. The third kappa shape index (κ3) is 2.72. The molecule has 0 radical (unpaired) electrons. The van der Waals surface area contributed by atoms with Crippen LogP contribution in [0.15, 0.2) is 84.9 Å². The minimum atomic E-state index is -0.0928. The van der Waals surface area contributed by atoms with Crippen molar-refractivity contribution in [3.05, 3.63) is 96.1 Å². The first kappa shape index (κ1) is 17.9. The monoisotopic (exact) mass is 438 g/mol. The van der Waals surface area contributed by atoms with Gasteiger partial charge in [0.2, 0.25) is 5.78 Å². The Hall–Kier alpha value is -2.92. The summed E-state index contributed by atoms with van der Waals surface area (Å²) in [5, 5.41) is 4.87. The fraction of sp³-hybridized carbons (Fsp3) is 0. The van der Waals surface area contributed by atoms with Gasteiger partial charge in [0.25, 0.3) is 0 Å². The maximum Gasteiger partial charge on any atom is 0.204 e. The van der Waals surface area contributed by atoms with E-state index in [1.54, 1.807) is 22.7 Å². The highest BCUT2D eigenvalue weighted by molar-refractivity contribution is 7.82. The van der Waals surface area contributed by atoms with Gasteiger partial charge in [-0.15, -0.1) is 22.7 Å². The second-order valence-electron chi connectivity index (χ2n) is 7.28. The Morgan fingerprint density at radius 2 is 1.03 bits per heavy atom. The Morgan fingerprint density at radius 3 is 1.63 bits per heavy atom. The van der Waals surface area contributed by atoms with E-state index in [0.29, 0.717) is 10.4 Å². The highest BCUT2D eigenvalue weighted by atomic mass is 32.1. The first-order chi connectivity index (χ1) is 14.7. The van der Waals surface area contributed by atoms with E-state index in [4.69, 9.17) is 12.2 Å². The van der Waals surface area contributed by atoms with E-state index >= 15 is 0 Å². The van der Waals surface area contributed by atoms with Crippen LogP contribution < -0.4 is 0 Å². The van der Waals surface area contributed by atoms with Gasteiger partial charge >= 0.3 is 0 Å². The molecule has 6 aromatic rings. The minimum absolute atomic E-state index is 0.0928. The molecular weight excluding hydrogens is 424 g/mol. The fourth-order valence-corrected chi connectivity index (χ4v) is 6.53. The van der Waals surface area contributed by atoms with Crippen LogP contribution in [-0.2, 0) is 0 Å². The Labute approximate surface area is 186 Å². The van der Waals surface area contributed by atoms with Crippen molar-refractivity contribution < 1.29 is 4.79 Å². The van der Waals surface area contributed by atoms with Gasteiger partial charge in [0.15, 0.2) is 0 Å². The average Bonchev–Trinajstić information content (AvgIpc) is 3.35. The Balaban J connectivity index is 1.40. The quantitative estimate of drug-likeness (QED) is 0.205. The van der Waals surface area contributed by atoms with Gasteiger partial charge in [-0.2, -0.15) is 0 Å². The second-order valence-corrected chi connectivity index (χ2v) is 9.85. The van der Waals surface area contributed by atoms with E-state index in [2.05, 4.69) is 48.5 Å². The molecule has 0 aliphatic heterocycles. The Bertz CT molecular complexity index is 1510. The Kier molecular flexibility index (Phi) is 4.06. The number of carbonyl (C=O) groups is 1. The van der Waals surface area contributed by atoms with Crippen molar-refractivity contribution in [2.24, 2.45) is 0 Å². The lowest BCUT2D eigenvalue weighted by atomic mass is 10.0. The van der Waals surface area contributed by atoms with Crippen molar-refractivity contribution >= 4 is 85.9 Å². The van der Waals surface area contributed by atoms with Gasteiger partial charge in [0.05, 0.1) is 4.86 Å². The molecule has 0 bridgehead atoms. The summed E-state index contributed by atoms with van der Waals surface area (Å²) < 4.78 is 4.75. The van der Waals surface area contributed by atoms with E-state index in [1.807, 2.05) is 36.4 Å². The summed E-state index contributed by atoms with van der Waals surface area (Å²) >= 11 is 9.06. The molecule has 2 heterocycles. The van der Waals surface area contributed by atoms with E-state index in [9.17, 15) is 4.79 Å². The maximum absolute atomic E-state index is 13.2. The lowest BCUT2D eigenvalue weighted by Crippen LogP contribution is -2.13.